The first kappa shape index (κ1) is 20.4. The Labute approximate surface area is 147 Å². The van der Waals surface area contributed by atoms with Crippen molar-refractivity contribution in [2.45, 2.75) is 39.5 Å². The van der Waals surface area contributed by atoms with Crippen molar-refractivity contribution in [1.29, 1.82) is 0 Å². The van der Waals surface area contributed by atoms with Crippen LogP contribution >= 0.6 is 0 Å². The first-order valence-electron chi connectivity index (χ1n) is 8.39. The quantitative estimate of drug-likeness (QED) is 0.229. The minimum Gasteiger partial charge on any atom is -0.478 e. The molecule has 6 nitrogen and oxygen atoms in total. The van der Waals surface area contributed by atoms with Crippen LogP contribution in [0, 0.1) is 0 Å². The molecule has 0 saturated heterocycles. The molecule has 0 radical (unpaired) electrons. The molecule has 1 N–H and O–H groups in total. The largest absolute Gasteiger partial charge is 0.478 e. The Balaban J connectivity index is 3.10. The van der Waals surface area contributed by atoms with Crippen LogP contribution in [0.2, 0.25) is 0 Å². The molecular weight excluding hydrogens is 324 g/mol. The molecule has 0 bridgehead atoms. The lowest BCUT2D eigenvalue weighted by Crippen LogP contribution is -2.19. The Hall–Kier alpha value is -2.63. The van der Waals surface area contributed by atoms with Crippen molar-refractivity contribution < 1.29 is 29.0 Å². The van der Waals surface area contributed by atoms with Gasteiger partial charge in [-0.1, -0.05) is 44.9 Å². The number of rotatable bonds is 10. The van der Waals surface area contributed by atoms with E-state index in [-0.39, 0.29) is 29.9 Å². The van der Waals surface area contributed by atoms with E-state index in [1.807, 2.05) is 13.8 Å². The van der Waals surface area contributed by atoms with Gasteiger partial charge in [0.05, 0.1) is 18.8 Å². The van der Waals surface area contributed by atoms with Crippen molar-refractivity contribution in [2.24, 2.45) is 0 Å². The van der Waals surface area contributed by atoms with Gasteiger partial charge in [0, 0.05) is 0 Å². The molecule has 0 unspecified atom stereocenters. The highest BCUT2D eigenvalue weighted by Gasteiger charge is 2.22. The number of aromatic carboxylic acids is 1. The fraction of sp³-hybridized carbons (Fsp3) is 0.421. The number of carboxylic acids is 1. The number of hydrogen-bond donors (Lipinski definition) is 1. The van der Waals surface area contributed by atoms with Crippen molar-refractivity contribution in [2.75, 3.05) is 13.2 Å². The average molecular weight is 348 g/mol. The third-order valence-corrected chi connectivity index (χ3v) is 3.39. The maximum atomic E-state index is 12.2. The number of carbonyl (C=O) groups is 3. The molecule has 0 saturated carbocycles. The fourth-order valence-corrected chi connectivity index (χ4v) is 1.95. The number of benzene rings is 1. The van der Waals surface area contributed by atoms with Gasteiger partial charge >= 0.3 is 17.9 Å². The predicted molar refractivity (Wildman–Crippen MR) is 93.1 cm³/mol. The van der Waals surface area contributed by atoms with Crippen LogP contribution in [0.15, 0.2) is 29.8 Å². The number of esters is 2. The molecule has 0 aliphatic heterocycles. The summed E-state index contributed by atoms with van der Waals surface area (Å²) in [6.07, 6.45) is 4.25. The first-order valence-corrected chi connectivity index (χ1v) is 8.39. The van der Waals surface area contributed by atoms with E-state index in [2.05, 4.69) is 0 Å². The van der Waals surface area contributed by atoms with E-state index >= 15 is 0 Å². The highest BCUT2D eigenvalue weighted by atomic mass is 16.6. The Kier molecular flexibility index (Phi) is 9.00. The molecule has 136 valence electrons. The van der Waals surface area contributed by atoms with E-state index in [9.17, 15) is 19.5 Å². The van der Waals surface area contributed by atoms with Crippen molar-refractivity contribution in [3.63, 3.8) is 0 Å². The van der Waals surface area contributed by atoms with E-state index in [4.69, 9.17) is 9.47 Å². The third-order valence-electron chi connectivity index (χ3n) is 3.39. The zero-order chi connectivity index (χ0) is 18.7. The van der Waals surface area contributed by atoms with Crippen molar-refractivity contribution in [1.82, 2.24) is 0 Å². The molecule has 25 heavy (non-hydrogen) atoms. The van der Waals surface area contributed by atoms with E-state index in [0.717, 1.165) is 12.8 Å². The minimum atomic E-state index is -1.15. The second-order valence-electron chi connectivity index (χ2n) is 5.43. The van der Waals surface area contributed by atoms with Crippen LogP contribution in [0.25, 0.3) is 6.08 Å². The molecule has 0 aromatic heterocycles. The summed E-state index contributed by atoms with van der Waals surface area (Å²) in [5.41, 5.74) is -0.0755. The lowest BCUT2D eigenvalue weighted by atomic mass is 10.0. The van der Waals surface area contributed by atoms with Crippen LogP contribution in [0.3, 0.4) is 0 Å². The smallest absolute Gasteiger partial charge is 0.345 e. The summed E-state index contributed by atoms with van der Waals surface area (Å²) in [7, 11) is 0. The van der Waals surface area contributed by atoms with Gasteiger partial charge in [0.15, 0.2) is 0 Å². The molecule has 1 aromatic carbocycles. The van der Waals surface area contributed by atoms with Gasteiger partial charge in [-0.3, -0.25) is 0 Å². The number of carbonyl (C=O) groups excluding carboxylic acids is 2. The van der Waals surface area contributed by atoms with Gasteiger partial charge in [0.1, 0.15) is 5.57 Å². The molecule has 0 atom stereocenters. The summed E-state index contributed by atoms with van der Waals surface area (Å²) >= 11 is 0. The molecule has 0 aliphatic rings. The molecule has 6 heteroatoms. The molecule has 1 rings (SSSR count). The summed E-state index contributed by atoms with van der Waals surface area (Å²) in [6.45, 7) is 4.28. The molecule has 0 fully saturated rings. The molecule has 0 spiro atoms. The van der Waals surface area contributed by atoms with Crippen molar-refractivity contribution >= 4 is 24.0 Å². The van der Waals surface area contributed by atoms with E-state index in [1.165, 1.54) is 18.2 Å². The summed E-state index contributed by atoms with van der Waals surface area (Å²) in [5, 5.41) is 9.24. The topological polar surface area (TPSA) is 89.9 Å². The fourth-order valence-electron chi connectivity index (χ4n) is 1.95. The van der Waals surface area contributed by atoms with Gasteiger partial charge < -0.3 is 14.6 Å². The normalized spacial score (nSPS) is 10.0. The summed E-state index contributed by atoms with van der Waals surface area (Å²) in [5.74, 6) is -2.77. The number of carboxylic acid groups (broad SMARTS) is 1. The van der Waals surface area contributed by atoms with Gasteiger partial charge in [0.25, 0.3) is 0 Å². The highest BCUT2D eigenvalue weighted by molar-refractivity contribution is 6.18. The lowest BCUT2D eigenvalue weighted by Gasteiger charge is -2.09. The third kappa shape index (κ3) is 6.79. The lowest BCUT2D eigenvalue weighted by molar-refractivity contribution is -0.147. The molecule has 1 aromatic rings. The average Bonchev–Trinajstić information content (AvgIpc) is 2.60. The molecule has 0 aliphatic carbocycles. The Morgan fingerprint density at radius 3 is 1.96 bits per heavy atom. The Bertz CT molecular complexity index is 609. The first-order chi connectivity index (χ1) is 12.0. The maximum absolute atomic E-state index is 12.2. The van der Waals surface area contributed by atoms with Crippen LogP contribution in [-0.4, -0.2) is 36.2 Å². The van der Waals surface area contributed by atoms with Crippen LogP contribution < -0.4 is 0 Å². The van der Waals surface area contributed by atoms with Crippen LogP contribution in [0.1, 0.15) is 55.5 Å². The monoisotopic (exact) mass is 348 g/mol. The molecule has 0 amide bonds. The van der Waals surface area contributed by atoms with E-state index < -0.39 is 17.9 Å². The number of hydrogen-bond acceptors (Lipinski definition) is 5. The standard InChI is InChI=1S/C19H24O6/c1-3-5-11-24-18(22)16(19(23)25-12-6-4-2)13-14-9-7-8-10-15(14)17(20)21/h7-10,13H,3-6,11-12H2,1-2H3,(H,20,21). The SMILES string of the molecule is CCCCOC(=O)C(=Cc1ccccc1C(=O)O)C(=O)OCCCC. The van der Waals surface area contributed by atoms with Gasteiger partial charge in [-0.05, 0) is 30.5 Å². The Morgan fingerprint density at radius 1 is 0.960 bits per heavy atom. The number of unbranched alkanes of at least 4 members (excludes halogenated alkanes) is 2. The van der Waals surface area contributed by atoms with E-state index in [1.54, 1.807) is 12.1 Å². The van der Waals surface area contributed by atoms with Gasteiger partial charge in [0.2, 0.25) is 0 Å². The summed E-state index contributed by atoms with van der Waals surface area (Å²) in [6, 6.07) is 6.11. The Morgan fingerprint density at radius 2 is 1.48 bits per heavy atom. The summed E-state index contributed by atoms with van der Waals surface area (Å²) < 4.78 is 10.2. The summed E-state index contributed by atoms with van der Waals surface area (Å²) in [4.78, 5) is 35.8. The van der Waals surface area contributed by atoms with Crippen molar-refractivity contribution in [3.8, 4) is 0 Å². The van der Waals surface area contributed by atoms with Crippen molar-refractivity contribution in [3.05, 3.63) is 41.0 Å². The van der Waals surface area contributed by atoms with Crippen LogP contribution in [-0.2, 0) is 19.1 Å². The molecular formula is C19H24O6. The maximum Gasteiger partial charge on any atom is 0.345 e. The van der Waals surface area contributed by atoms with Gasteiger partial charge in [-0.2, -0.15) is 0 Å². The minimum absolute atomic E-state index is 0.0114. The number of ether oxygens (including phenoxy) is 2. The zero-order valence-electron chi connectivity index (χ0n) is 14.6. The second-order valence-corrected chi connectivity index (χ2v) is 5.43. The predicted octanol–water partition coefficient (Wildman–Crippen LogP) is 3.45. The van der Waals surface area contributed by atoms with Crippen LogP contribution in [0.4, 0.5) is 0 Å². The molecule has 0 heterocycles. The highest BCUT2D eigenvalue weighted by Crippen LogP contribution is 2.16. The van der Waals surface area contributed by atoms with E-state index in [0.29, 0.717) is 12.8 Å². The second kappa shape index (κ2) is 11.0. The van der Waals surface area contributed by atoms with Gasteiger partial charge in [-0.25, -0.2) is 14.4 Å². The zero-order valence-corrected chi connectivity index (χ0v) is 14.6. The van der Waals surface area contributed by atoms with Gasteiger partial charge in [-0.15, -0.1) is 0 Å². The van der Waals surface area contributed by atoms with Crippen LogP contribution in [0.5, 0.6) is 0 Å².